The van der Waals surface area contributed by atoms with Crippen LogP contribution in [0.1, 0.15) is 11.5 Å². The molecule has 0 radical (unpaired) electrons. The van der Waals surface area contributed by atoms with E-state index in [9.17, 15) is 9.59 Å². The van der Waals surface area contributed by atoms with E-state index in [0.29, 0.717) is 5.76 Å². The van der Waals surface area contributed by atoms with E-state index in [-0.39, 0.29) is 13.1 Å². The van der Waals surface area contributed by atoms with E-state index in [4.69, 9.17) is 9.63 Å². The monoisotopic (exact) mass is 257 g/mol. The molecule has 0 aliphatic rings. The van der Waals surface area contributed by atoms with E-state index in [1.807, 2.05) is 0 Å². The number of amides is 2. The summed E-state index contributed by atoms with van der Waals surface area (Å²) in [5.41, 5.74) is 0.720. The first-order valence-corrected chi connectivity index (χ1v) is 5.22. The Labute approximate surface area is 103 Å². The first-order valence-electron chi connectivity index (χ1n) is 5.22. The number of hydrogen-bond donors (Lipinski definition) is 3. The standard InChI is InChI=1S/C10H15N3O5/c1-6-3-7(18-13-6)4-11-10(16)12-5-8(17-2)9(14)15/h3,8H,4-5H2,1-2H3,(H,14,15)(H2,11,12,16). The molecule has 1 unspecified atom stereocenters. The van der Waals surface area contributed by atoms with Gasteiger partial charge in [-0.25, -0.2) is 9.59 Å². The molecule has 18 heavy (non-hydrogen) atoms. The number of urea groups is 1. The Morgan fingerprint density at radius 3 is 2.78 bits per heavy atom. The van der Waals surface area contributed by atoms with Gasteiger partial charge in [0.1, 0.15) is 0 Å². The molecule has 0 aliphatic carbocycles. The summed E-state index contributed by atoms with van der Waals surface area (Å²) in [6.45, 7) is 1.83. The number of carboxylic acid groups (broad SMARTS) is 1. The van der Waals surface area contributed by atoms with Gasteiger partial charge in [-0.05, 0) is 6.92 Å². The van der Waals surface area contributed by atoms with Crippen LogP contribution in [0, 0.1) is 6.92 Å². The van der Waals surface area contributed by atoms with Gasteiger partial charge in [0.05, 0.1) is 18.8 Å². The number of aromatic nitrogens is 1. The normalized spacial score (nSPS) is 11.9. The number of nitrogens with zero attached hydrogens (tertiary/aromatic N) is 1. The average Bonchev–Trinajstić information content (AvgIpc) is 2.73. The summed E-state index contributed by atoms with van der Waals surface area (Å²) in [5, 5.41) is 17.2. The Hall–Kier alpha value is -2.09. The van der Waals surface area contributed by atoms with Crippen LogP contribution in [0.25, 0.3) is 0 Å². The van der Waals surface area contributed by atoms with Crippen molar-refractivity contribution >= 4 is 12.0 Å². The number of aliphatic carboxylic acids is 1. The second-order valence-electron chi connectivity index (χ2n) is 3.56. The first kappa shape index (κ1) is 14.0. The van der Waals surface area contributed by atoms with Crippen LogP contribution >= 0.6 is 0 Å². The minimum Gasteiger partial charge on any atom is -0.479 e. The lowest BCUT2D eigenvalue weighted by Crippen LogP contribution is -2.42. The van der Waals surface area contributed by atoms with Crippen molar-refractivity contribution < 1.29 is 24.0 Å². The van der Waals surface area contributed by atoms with Gasteiger partial charge in [0.2, 0.25) is 0 Å². The molecule has 0 saturated carbocycles. The Morgan fingerprint density at radius 1 is 1.56 bits per heavy atom. The van der Waals surface area contributed by atoms with Crippen LogP contribution in [0.3, 0.4) is 0 Å². The molecule has 1 aromatic rings. The average molecular weight is 257 g/mol. The molecular weight excluding hydrogens is 242 g/mol. The smallest absolute Gasteiger partial charge is 0.334 e. The Balaban J connectivity index is 2.27. The zero-order valence-electron chi connectivity index (χ0n) is 10.1. The molecule has 2 amide bonds. The highest BCUT2D eigenvalue weighted by Crippen LogP contribution is 2.00. The highest BCUT2D eigenvalue weighted by atomic mass is 16.5. The number of hydrogen-bond acceptors (Lipinski definition) is 5. The highest BCUT2D eigenvalue weighted by Gasteiger charge is 2.16. The maximum Gasteiger partial charge on any atom is 0.334 e. The predicted molar refractivity (Wildman–Crippen MR) is 59.9 cm³/mol. The van der Waals surface area contributed by atoms with Crippen molar-refractivity contribution in [3.8, 4) is 0 Å². The van der Waals surface area contributed by atoms with Gasteiger partial charge in [-0.3, -0.25) is 0 Å². The van der Waals surface area contributed by atoms with Crippen LogP contribution in [-0.4, -0.2) is 42.0 Å². The Morgan fingerprint density at radius 2 is 2.28 bits per heavy atom. The van der Waals surface area contributed by atoms with Crippen LogP contribution < -0.4 is 10.6 Å². The predicted octanol–water partition coefficient (Wildman–Crippen LogP) is -0.118. The van der Waals surface area contributed by atoms with Crippen molar-refractivity contribution in [2.45, 2.75) is 19.6 Å². The number of carbonyl (C=O) groups excluding carboxylic acids is 1. The lowest BCUT2D eigenvalue weighted by atomic mass is 10.3. The summed E-state index contributed by atoms with van der Waals surface area (Å²) < 4.78 is 9.55. The van der Waals surface area contributed by atoms with Gasteiger partial charge in [0.25, 0.3) is 0 Å². The number of methoxy groups -OCH3 is 1. The van der Waals surface area contributed by atoms with Crippen molar-refractivity contribution in [3.05, 3.63) is 17.5 Å². The highest BCUT2D eigenvalue weighted by molar-refractivity contribution is 5.76. The molecule has 8 nitrogen and oxygen atoms in total. The molecule has 1 aromatic heterocycles. The first-order chi connectivity index (χ1) is 8.52. The second kappa shape index (κ2) is 6.60. The van der Waals surface area contributed by atoms with Gasteiger partial charge in [-0.2, -0.15) is 0 Å². The minimum atomic E-state index is -1.14. The molecule has 3 N–H and O–H groups in total. The largest absolute Gasteiger partial charge is 0.479 e. The lowest BCUT2D eigenvalue weighted by Gasteiger charge is -2.11. The fourth-order valence-corrected chi connectivity index (χ4v) is 1.19. The van der Waals surface area contributed by atoms with Crippen LogP contribution in [0.4, 0.5) is 4.79 Å². The maximum atomic E-state index is 11.3. The lowest BCUT2D eigenvalue weighted by molar-refractivity contribution is -0.147. The number of aryl methyl sites for hydroxylation is 1. The zero-order chi connectivity index (χ0) is 13.5. The number of rotatable bonds is 6. The minimum absolute atomic E-state index is 0.118. The molecule has 0 spiro atoms. The van der Waals surface area contributed by atoms with Gasteiger partial charge in [0, 0.05) is 13.2 Å². The van der Waals surface area contributed by atoms with Crippen LogP contribution in [-0.2, 0) is 16.1 Å². The summed E-state index contributed by atoms with van der Waals surface area (Å²) in [4.78, 5) is 21.9. The van der Waals surface area contributed by atoms with Crippen molar-refractivity contribution in [1.82, 2.24) is 15.8 Å². The van der Waals surface area contributed by atoms with Crippen LogP contribution in [0.5, 0.6) is 0 Å². The summed E-state index contributed by atoms with van der Waals surface area (Å²) in [6, 6.07) is 1.18. The second-order valence-corrected chi connectivity index (χ2v) is 3.56. The van der Waals surface area contributed by atoms with Gasteiger partial charge < -0.3 is 25.0 Å². The van der Waals surface area contributed by atoms with Crippen molar-refractivity contribution in [1.29, 1.82) is 0 Å². The summed E-state index contributed by atoms with van der Waals surface area (Å²) in [7, 11) is 1.26. The number of nitrogens with one attached hydrogen (secondary N) is 2. The molecule has 0 bridgehead atoms. The number of ether oxygens (including phenoxy) is 1. The topological polar surface area (TPSA) is 114 Å². The molecule has 1 heterocycles. The van der Waals surface area contributed by atoms with E-state index in [0.717, 1.165) is 5.69 Å². The SMILES string of the molecule is COC(CNC(=O)NCc1cc(C)no1)C(=O)O. The van der Waals surface area contributed by atoms with Crippen LogP contribution in [0.15, 0.2) is 10.6 Å². The zero-order valence-corrected chi connectivity index (χ0v) is 10.1. The van der Waals surface area contributed by atoms with E-state index in [1.54, 1.807) is 13.0 Å². The third kappa shape index (κ3) is 4.42. The molecule has 100 valence electrons. The molecule has 0 fully saturated rings. The Kier molecular flexibility index (Phi) is 5.12. The van der Waals surface area contributed by atoms with Crippen LogP contribution in [0.2, 0.25) is 0 Å². The molecule has 0 aromatic carbocycles. The molecule has 0 aliphatic heterocycles. The number of carboxylic acids is 1. The van der Waals surface area contributed by atoms with Crippen molar-refractivity contribution in [2.75, 3.05) is 13.7 Å². The molecule has 1 atom stereocenters. The van der Waals surface area contributed by atoms with Gasteiger partial charge in [0.15, 0.2) is 11.9 Å². The number of carbonyl (C=O) groups is 2. The molecule has 0 saturated heterocycles. The van der Waals surface area contributed by atoms with Gasteiger partial charge in [-0.15, -0.1) is 0 Å². The quantitative estimate of drug-likeness (QED) is 0.654. The van der Waals surface area contributed by atoms with Crippen molar-refractivity contribution in [2.24, 2.45) is 0 Å². The third-order valence-electron chi connectivity index (χ3n) is 2.11. The molecule has 1 rings (SSSR count). The maximum absolute atomic E-state index is 11.3. The molecule has 8 heteroatoms. The summed E-state index contributed by atoms with van der Waals surface area (Å²) in [6.07, 6.45) is -1.07. The third-order valence-corrected chi connectivity index (χ3v) is 2.11. The Bertz CT molecular complexity index is 417. The summed E-state index contributed by atoms with van der Waals surface area (Å²) >= 11 is 0. The van der Waals surface area contributed by atoms with E-state index in [2.05, 4.69) is 20.5 Å². The van der Waals surface area contributed by atoms with Crippen molar-refractivity contribution in [3.63, 3.8) is 0 Å². The molecular formula is C10H15N3O5. The fraction of sp³-hybridized carbons (Fsp3) is 0.500. The van der Waals surface area contributed by atoms with Gasteiger partial charge >= 0.3 is 12.0 Å². The van der Waals surface area contributed by atoms with Gasteiger partial charge in [-0.1, -0.05) is 5.16 Å². The van der Waals surface area contributed by atoms with E-state index >= 15 is 0 Å². The summed E-state index contributed by atoms with van der Waals surface area (Å²) in [5.74, 6) is -0.618. The van der Waals surface area contributed by atoms with E-state index in [1.165, 1.54) is 7.11 Å². The fourth-order valence-electron chi connectivity index (χ4n) is 1.19. The van der Waals surface area contributed by atoms with E-state index < -0.39 is 18.1 Å².